The highest BCUT2D eigenvalue weighted by Crippen LogP contribution is 2.16. The summed E-state index contributed by atoms with van der Waals surface area (Å²) in [7, 11) is 0. The lowest BCUT2D eigenvalue weighted by Gasteiger charge is -2.29. The Morgan fingerprint density at radius 1 is 0.963 bits per heavy atom. The third-order valence-corrected chi connectivity index (χ3v) is 5.78. The van der Waals surface area contributed by atoms with Crippen molar-refractivity contribution in [3.63, 3.8) is 0 Å². The fraction of sp³-hybridized carbons (Fsp3) is 0.435. The van der Waals surface area contributed by atoms with Crippen LogP contribution in [-0.4, -0.2) is 38.6 Å². The van der Waals surface area contributed by atoms with Gasteiger partial charge in [-0.3, -0.25) is 4.79 Å². The lowest BCUT2D eigenvalue weighted by atomic mass is 10.0. The summed E-state index contributed by atoms with van der Waals surface area (Å²) in [4.78, 5) is 15.5. The second-order valence-electron chi connectivity index (χ2n) is 7.97. The first-order valence-electron chi connectivity index (χ1n) is 10.1. The Labute approximate surface area is 163 Å². The van der Waals surface area contributed by atoms with Gasteiger partial charge in [-0.05, 0) is 37.5 Å². The highest BCUT2D eigenvalue weighted by Gasteiger charge is 2.25. The van der Waals surface area contributed by atoms with Crippen LogP contribution in [0.15, 0.2) is 48.5 Å². The summed E-state index contributed by atoms with van der Waals surface area (Å²) >= 11 is 0. The van der Waals surface area contributed by atoms with Crippen LogP contribution in [0.25, 0.3) is 0 Å². The molecule has 1 saturated heterocycles. The maximum absolute atomic E-state index is 12.5. The summed E-state index contributed by atoms with van der Waals surface area (Å²) in [6.45, 7) is 12.4. The van der Waals surface area contributed by atoms with Crippen LogP contribution in [0, 0.1) is 13.8 Å². The van der Waals surface area contributed by atoms with Gasteiger partial charge in [-0.2, -0.15) is 0 Å². The molecule has 0 bridgehead atoms. The molecule has 4 nitrogen and oxygen atoms in total. The highest BCUT2D eigenvalue weighted by molar-refractivity contribution is 5.77. The number of nitrogens with one attached hydrogen (secondary N) is 3. The molecule has 3 N–H and O–H groups in total. The molecule has 27 heavy (non-hydrogen) atoms. The van der Waals surface area contributed by atoms with E-state index in [4.69, 9.17) is 0 Å². The number of hydrogen-bond acceptors (Lipinski definition) is 1. The number of carbonyl (C=O) groups excluding carboxylic acids is 1. The topological polar surface area (TPSA) is 38.0 Å². The zero-order valence-electron chi connectivity index (χ0n) is 16.8. The summed E-state index contributed by atoms with van der Waals surface area (Å²) in [5.41, 5.74) is 5.14. The second kappa shape index (κ2) is 9.16. The summed E-state index contributed by atoms with van der Waals surface area (Å²) in [6.07, 6.45) is 0. The molecular formula is C23H33N3O+2. The molecule has 0 unspecified atom stereocenters. The number of carbonyl (C=O) groups is 1. The molecule has 1 aliphatic heterocycles. The molecule has 0 aromatic heterocycles. The fourth-order valence-electron chi connectivity index (χ4n) is 3.83. The van der Waals surface area contributed by atoms with E-state index in [1.807, 2.05) is 0 Å². The van der Waals surface area contributed by atoms with Gasteiger partial charge < -0.3 is 15.1 Å². The Balaban J connectivity index is 1.43. The van der Waals surface area contributed by atoms with Crippen LogP contribution in [0.2, 0.25) is 0 Å². The summed E-state index contributed by atoms with van der Waals surface area (Å²) in [5, 5.41) is 3.17. The van der Waals surface area contributed by atoms with E-state index in [0.717, 1.165) is 32.7 Å². The minimum atomic E-state index is 0.0567. The van der Waals surface area contributed by atoms with Crippen LogP contribution in [0.3, 0.4) is 0 Å². The molecule has 0 radical (unpaired) electrons. The van der Waals surface area contributed by atoms with E-state index >= 15 is 0 Å². The minimum absolute atomic E-state index is 0.0567. The third-order valence-electron chi connectivity index (χ3n) is 5.78. The smallest absolute Gasteiger partial charge is 0.275 e. The number of benzene rings is 2. The van der Waals surface area contributed by atoms with E-state index in [9.17, 15) is 4.79 Å². The normalized spacial score (nSPS) is 20.9. The van der Waals surface area contributed by atoms with Crippen molar-refractivity contribution in [1.29, 1.82) is 0 Å². The number of rotatable bonds is 6. The van der Waals surface area contributed by atoms with Crippen LogP contribution >= 0.6 is 0 Å². The monoisotopic (exact) mass is 367 g/mol. The van der Waals surface area contributed by atoms with Crippen LogP contribution in [0.4, 0.5) is 0 Å². The van der Waals surface area contributed by atoms with Crippen molar-refractivity contribution in [2.24, 2.45) is 0 Å². The first-order chi connectivity index (χ1) is 13.0. The molecule has 0 saturated carbocycles. The van der Waals surface area contributed by atoms with Gasteiger partial charge >= 0.3 is 0 Å². The van der Waals surface area contributed by atoms with Crippen LogP contribution in [0.1, 0.15) is 35.2 Å². The van der Waals surface area contributed by atoms with Crippen molar-refractivity contribution < 1.29 is 14.6 Å². The van der Waals surface area contributed by atoms with Gasteiger partial charge in [0.15, 0.2) is 6.54 Å². The molecule has 1 heterocycles. The van der Waals surface area contributed by atoms with E-state index in [-0.39, 0.29) is 11.9 Å². The van der Waals surface area contributed by atoms with Gasteiger partial charge in [0.1, 0.15) is 32.7 Å². The summed E-state index contributed by atoms with van der Waals surface area (Å²) in [6, 6.07) is 17.2. The molecule has 0 spiro atoms. The standard InChI is InChI=1S/C23H31N3O/c1-18-9-10-22(15-19(18)2)20(3)24-23(27)17-26-13-11-25(12-14-26)16-21-7-5-4-6-8-21/h4-10,15,20H,11-14,16-17H2,1-3H3,(H,24,27)/p+2/t20-/m1/s1. The average molecular weight is 368 g/mol. The largest absolute Gasteiger partial charge is 0.345 e. The van der Waals surface area contributed by atoms with Gasteiger partial charge in [0.2, 0.25) is 0 Å². The maximum Gasteiger partial charge on any atom is 0.275 e. The Hall–Kier alpha value is -2.17. The molecule has 4 heteroatoms. The molecule has 1 fully saturated rings. The molecule has 1 aliphatic rings. The molecule has 1 amide bonds. The molecule has 0 aliphatic carbocycles. The molecule has 1 atom stereocenters. The van der Waals surface area contributed by atoms with Gasteiger partial charge in [-0.1, -0.05) is 48.5 Å². The van der Waals surface area contributed by atoms with Crippen LogP contribution in [0.5, 0.6) is 0 Å². The summed E-state index contributed by atoms with van der Waals surface area (Å²) in [5.74, 6) is 0.155. The molecule has 2 aromatic rings. The number of piperazine rings is 1. The second-order valence-corrected chi connectivity index (χ2v) is 7.97. The third kappa shape index (κ3) is 5.65. The van der Waals surface area contributed by atoms with E-state index in [1.165, 1.54) is 27.2 Å². The van der Waals surface area contributed by atoms with Crippen molar-refractivity contribution in [1.82, 2.24) is 5.32 Å². The average Bonchev–Trinajstić information content (AvgIpc) is 2.66. The van der Waals surface area contributed by atoms with E-state index in [2.05, 4.69) is 74.6 Å². The van der Waals surface area contributed by atoms with Crippen molar-refractivity contribution >= 4 is 5.91 Å². The Bertz CT molecular complexity index is 751. The van der Waals surface area contributed by atoms with Crippen LogP contribution in [-0.2, 0) is 11.3 Å². The minimum Gasteiger partial charge on any atom is -0.345 e. The zero-order valence-corrected chi connectivity index (χ0v) is 16.8. The number of quaternary nitrogens is 2. The molecule has 3 rings (SSSR count). The predicted molar refractivity (Wildman–Crippen MR) is 109 cm³/mol. The van der Waals surface area contributed by atoms with Crippen molar-refractivity contribution in [2.75, 3.05) is 32.7 Å². The van der Waals surface area contributed by atoms with Gasteiger partial charge in [0.25, 0.3) is 5.91 Å². The number of hydrogen-bond donors (Lipinski definition) is 3. The van der Waals surface area contributed by atoms with E-state index in [1.54, 1.807) is 4.90 Å². The first-order valence-corrected chi connectivity index (χ1v) is 10.1. The quantitative estimate of drug-likeness (QED) is 0.682. The fourth-order valence-corrected chi connectivity index (χ4v) is 3.83. The number of aryl methyl sites for hydroxylation is 2. The SMILES string of the molecule is Cc1ccc([C@@H](C)NC(=O)C[NH+]2CC[NH+](Cc3ccccc3)CC2)cc1C. The van der Waals surface area contributed by atoms with Crippen molar-refractivity contribution in [3.8, 4) is 0 Å². The van der Waals surface area contributed by atoms with Crippen molar-refractivity contribution in [3.05, 3.63) is 70.8 Å². The lowest BCUT2D eigenvalue weighted by molar-refractivity contribution is -1.02. The van der Waals surface area contributed by atoms with E-state index < -0.39 is 0 Å². The number of amides is 1. The van der Waals surface area contributed by atoms with Gasteiger partial charge in [-0.15, -0.1) is 0 Å². The van der Waals surface area contributed by atoms with Gasteiger partial charge in [-0.25, -0.2) is 0 Å². The van der Waals surface area contributed by atoms with Crippen LogP contribution < -0.4 is 15.1 Å². The Morgan fingerprint density at radius 2 is 1.63 bits per heavy atom. The maximum atomic E-state index is 12.5. The Morgan fingerprint density at radius 3 is 2.30 bits per heavy atom. The van der Waals surface area contributed by atoms with Crippen molar-refractivity contribution in [2.45, 2.75) is 33.4 Å². The summed E-state index contributed by atoms with van der Waals surface area (Å²) < 4.78 is 0. The highest BCUT2D eigenvalue weighted by atomic mass is 16.2. The van der Waals surface area contributed by atoms with Gasteiger partial charge in [0.05, 0.1) is 6.04 Å². The molecule has 144 valence electrons. The first kappa shape index (κ1) is 19.6. The van der Waals surface area contributed by atoms with Gasteiger partial charge in [0, 0.05) is 5.56 Å². The Kier molecular flexibility index (Phi) is 6.64. The van der Waals surface area contributed by atoms with E-state index in [0.29, 0.717) is 6.54 Å². The lowest BCUT2D eigenvalue weighted by Crippen LogP contribution is -3.28. The zero-order chi connectivity index (χ0) is 19.2. The molecule has 2 aromatic carbocycles. The predicted octanol–water partition coefficient (Wildman–Crippen LogP) is 0.464. The molecular weight excluding hydrogens is 334 g/mol.